The fourth-order valence-electron chi connectivity index (χ4n) is 5.35. The van der Waals surface area contributed by atoms with Gasteiger partial charge in [-0.15, -0.1) is 0 Å². The van der Waals surface area contributed by atoms with Gasteiger partial charge in [0.2, 0.25) is 11.5 Å². The van der Waals surface area contributed by atoms with E-state index in [-0.39, 0.29) is 17.2 Å². The average molecular weight is 579 g/mol. The number of phenolic OH excluding ortho intramolecular Hbond substituents is 1. The molecule has 0 heterocycles. The third-order valence-electron chi connectivity index (χ3n) is 7.79. The molecule has 0 atom stereocenters. The van der Waals surface area contributed by atoms with Gasteiger partial charge in [-0.25, -0.2) is 4.79 Å². The van der Waals surface area contributed by atoms with E-state index < -0.39 is 6.16 Å². The van der Waals surface area contributed by atoms with Crippen LogP contribution in [-0.2, 0) is 12.8 Å². The molecule has 0 saturated heterocycles. The molecular weight excluding hydrogens is 516 g/mol. The lowest BCUT2D eigenvalue weighted by molar-refractivity contribution is 0.141. The lowest BCUT2D eigenvalue weighted by Crippen LogP contribution is -2.12. The maximum Gasteiger partial charge on any atom is 0.511 e. The first-order valence-electron chi connectivity index (χ1n) is 17.1. The fourth-order valence-corrected chi connectivity index (χ4v) is 5.35. The van der Waals surface area contributed by atoms with E-state index in [0.29, 0.717) is 25.4 Å². The summed E-state index contributed by atoms with van der Waals surface area (Å²) in [6, 6.07) is 0. The van der Waals surface area contributed by atoms with Crippen molar-refractivity contribution >= 4 is 6.16 Å². The van der Waals surface area contributed by atoms with Gasteiger partial charge < -0.3 is 24.4 Å². The zero-order valence-electron chi connectivity index (χ0n) is 27.0. The topological polar surface area (TPSA) is 85.2 Å². The van der Waals surface area contributed by atoms with E-state index >= 15 is 0 Å². The molecule has 0 saturated carbocycles. The summed E-state index contributed by atoms with van der Waals surface area (Å²) in [5.74, 6) is 0.631. The Morgan fingerprint density at radius 3 is 1.32 bits per heavy atom. The summed E-state index contributed by atoms with van der Waals surface area (Å²) < 4.78 is 17.9. The van der Waals surface area contributed by atoms with E-state index in [1.165, 1.54) is 64.2 Å². The average Bonchev–Trinajstić information content (AvgIpc) is 2.95. The van der Waals surface area contributed by atoms with Crippen LogP contribution in [0.25, 0.3) is 0 Å². The van der Waals surface area contributed by atoms with Gasteiger partial charge in [0.1, 0.15) is 0 Å². The number of ether oxygens (including phenoxy) is 3. The third kappa shape index (κ3) is 15.6. The minimum absolute atomic E-state index is 0.0259. The molecule has 0 aliphatic heterocycles. The van der Waals surface area contributed by atoms with Crippen molar-refractivity contribution in [2.75, 3.05) is 13.2 Å². The SMILES string of the molecule is CCCCCCCCCOc1c(O)c(OC(=O)O)c(CCCCC)c(CCCCC)c1OCCCCCCCCC. The van der Waals surface area contributed by atoms with E-state index in [2.05, 4.69) is 27.7 Å². The zero-order chi connectivity index (χ0) is 30.1. The second kappa shape index (κ2) is 24.5. The lowest BCUT2D eigenvalue weighted by Gasteiger charge is -2.23. The summed E-state index contributed by atoms with van der Waals surface area (Å²) >= 11 is 0. The van der Waals surface area contributed by atoms with Gasteiger partial charge in [0, 0.05) is 11.1 Å². The van der Waals surface area contributed by atoms with Crippen molar-refractivity contribution in [2.45, 2.75) is 169 Å². The van der Waals surface area contributed by atoms with Gasteiger partial charge in [0.25, 0.3) is 0 Å². The molecule has 0 aromatic heterocycles. The second-order valence-electron chi connectivity index (χ2n) is 11.5. The Balaban J connectivity index is 3.24. The molecule has 0 bridgehead atoms. The van der Waals surface area contributed by atoms with Crippen molar-refractivity contribution in [1.82, 2.24) is 0 Å². The highest BCUT2D eigenvalue weighted by Gasteiger charge is 2.28. The van der Waals surface area contributed by atoms with Gasteiger partial charge in [-0.3, -0.25) is 0 Å². The van der Waals surface area contributed by atoms with Crippen LogP contribution < -0.4 is 14.2 Å². The molecule has 41 heavy (non-hydrogen) atoms. The van der Waals surface area contributed by atoms with Crippen molar-refractivity contribution in [2.24, 2.45) is 0 Å². The van der Waals surface area contributed by atoms with Gasteiger partial charge >= 0.3 is 6.16 Å². The zero-order valence-corrected chi connectivity index (χ0v) is 27.0. The molecule has 0 unspecified atom stereocenters. The number of unbranched alkanes of at least 4 members (excludes halogenated alkanes) is 16. The predicted molar refractivity (Wildman–Crippen MR) is 170 cm³/mol. The van der Waals surface area contributed by atoms with E-state index in [1.54, 1.807) is 0 Å². The van der Waals surface area contributed by atoms with Crippen molar-refractivity contribution in [3.05, 3.63) is 11.1 Å². The largest absolute Gasteiger partial charge is 0.511 e. The molecule has 6 nitrogen and oxygen atoms in total. The van der Waals surface area contributed by atoms with Crippen LogP contribution in [0.3, 0.4) is 0 Å². The van der Waals surface area contributed by atoms with Crippen LogP contribution in [0.5, 0.6) is 23.0 Å². The summed E-state index contributed by atoms with van der Waals surface area (Å²) in [6.45, 7) is 9.78. The van der Waals surface area contributed by atoms with Crippen molar-refractivity contribution in [3.63, 3.8) is 0 Å². The van der Waals surface area contributed by atoms with Crippen molar-refractivity contribution in [3.8, 4) is 23.0 Å². The van der Waals surface area contributed by atoms with Gasteiger partial charge in [0.15, 0.2) is 11.5 Å². The molecule has 6 heteroatoms. The predicted octanol–water partition coefficient (Wildman–Crippen LogP) is 11.2. The number of hydrogen-bond acceptors (Lipinski definition) is 5. The Morgan fingerprint density at radius 1 is 0.512 bits per heavy atom. The summed E-state index contributed by atoms with van der Waals surface area (Å²) in [5.41, 5.74) is 1.70. The summed E-state index contributed by atoms with van der Waals surface area (Å²) in [6.07, 6.45) is 22.5. The van der Waals surface area contributed by atoms with Gasteiger partial charge in [-0.05, 0) is 38.5 Å². The van der Waals surface area contributed by atoms with Crippen LogP contribution in [0.2, 0.25) is 0 Å². The number of phenols is 1. The van der Waals surface area contributed by atoms with Crippen LogP contribution in [0, 0.1) is 0 Å². The molecule has 2 N–H and O–H groups in total. The van der Waals surface area contributed by atoms with Gasteiger partial charge in [0.05, 0.1) is 13.2 Å². The molecule has 0 spiro atoms. The first-order valence-corrected chi connectivity index (χ1v) is 17.1. The Kier molecular flexibility index (Phi) is 22.0. The Bertz CT molecular complexity index is 807. The molecule has 1 rings (SSSR count). The number of aromatic hydroxyl groups is 1. The highest BCUT2D eigenvalue weighted by Crippen LogP contribution is 2.50. The third-order valence-corrected chi connectivity index (χ3v) is 7.79. The maximum absolute atomic E-state index is 11.7. The molecule has 1 aromatic rings. The number of rotatable bonds is 27. The molecule has 0 radical (unpaired) electrons. The Labute approximate surface area is 251 Å². The van der Waals surface area contributed by atoms with Crippen LogP contribution in [0.4, 0.5) is 4.79 Å². The molecular formula is C35H62O6. The standard InChI is InChI=1S/C35H62O6/c1-5-9-13-15-17-19-23-27-39-33-30(26-22-12-8-4)29(25-21-11-7-3)32(41-35(37)38)31(36)34(33)40-28-24-20-18-16-14-10-6-2/h36H,5-28H2,1-4H3,(H,37,38). The molecule has 0 amide bonds. The first-order chi connectivity index (χ1) is 20.0. The van der Waals surface area contributed by atoms with Gasteiger partial charge in [-0.2, -0.15) is 0 Å². The molecule has 0 aliphatic carbocycles. The lowest BCUT2D eigenvalue weighted by atomic mass is 9.94. The quantitative estimate of drug-likeness (QED) is 0.0613. The Morgan fingerprint density at radius 2 is 0.878 bits per heavy atom. The minimum Gasteiger partial charge on any atom is -0.502 e. The molecule has 0 fully saturated rings. The highest BCUT2D eigenvalue weighted by molar-refractivity contribution is 5.71. The highest BCUT2D eigenvalue weighted by atomic mass is 16.7. The van der Waals surface area contributed by atoms with E-state index in [0.717, 1.165) is 81.8 Å². The Hall–Kier alpha value is -2.11. The van der Waals surface area contributed by atoms with Crippen molar-refractivity contribution < 1.29 is 29.2 Å². The monoisotopic (exact) mass is 578 g/mol. The smallest absolute Gasteiger partial charge is 0.502 e. The fraction of sp³-hybridized carbons (Fsp3) is 0.800. The maximum atomic E-state index is 11.7. The van der Waals surface area contributed by atoms with E-state index in [9.17, 15) is 15.0 Å². The summed E-state index contributed by atoms with van der Waals surface area (Å²) in [7, 11) is 0. The van der Waals surface area contributed by atoms with E-state index in [1.807, 2.05) is 0 Å². The molecule has 1 aromatic carbocycles. The van der Waals surface area contributed by atoms with Crippen LogP contribution >= 0.6 is 0 Å². The van der Waals surface area contributed by atoms with Crippen molar-refractivity contribution in [1.29, 1.82) is 0 Å². The van der Waals surface area contributed by atoms with Gasteiger partial charge in [-0.1, -0.05) is 130 Å². The first kappa shape index (κ1) is 36.9. The van der Waals surface area contributed by atoms with Crippen LogP contribution in [0.1, 0.15) is 167 Å². The number of hydrogen-bond donors (Lipinski definition) is 2. The summed E-state index contributed by atoms with van der Waals surface area (Å²) in [5, 5.41) is 20.9. The van der Waals surface area contributed by atoms with Crippen LogP contribution in [0.15, 0.2) is 0 Å². The molecule has 0 aliphatic rings. The number of carboxylic acid groups (broad SMARTS) is 1. The van der Waals surface area contributed by atoms with Crippen LogP contribution in [-0.4, -0.2) is 29.6 Å². The minimum atomic E-state index is -1.42. The normalized spacial score (nSPS) is 11.1. The molecule has 238 valence electrons. The number of carbonyl (C=O) groups is 1. The summed E-state index contributed by atoms with van der Waals surface area (Å²) in [4.78, 5) is 11.7. The number of benzene rings is 1. The second-order valence-corrected chi connectivity index (χ2v) is 11.5. The van der Waals surface area contributed by atoms with E-state index in [4.69, 9.17) is 14.2 Å².